The van der Waals surface area contributed by atoms with E-state index in [0.717, 1.165) is 49.4 Å². The van der Waals surface area contributed by atoms with Gasteiger partial charge in [0.1, 0.15) is 23.2 Å². The highest BCUT2D eigenvalue weighted by Gasteiger charge is 2.47. The van der Waals surface area contributed by atoms with Gasteiger partial charge in [-0.25, -0.2) is 9.97 Å². The Morgan fingerprint density at radius 2 is 2.12 bits per heavy atom. The van der Waals surface area contributed by atoms with Gasteiger partial charge in [0.15, 0.2) is 5.65 Å². The standard InChI is InChI=1S/C32H40N8O2/c1-18(2)10-12-42-25-14-22(40-11-9-23(17-40)39(3)4)7-8-24(25)31-37-29-28(21(15-33)16-35-32(29)38-31)36-27-20-6-5-19(13-20)26(27)30(34)41/h5-8,14,16,18-20,23,26-27H,9-13,17H2,1-4H3,(H2,34,41)(H2,35,36,37,38)/t19-,20+,23?,26+,27-/m1/s1. The Balaban J connectivity index is 1.36. The minimum absolute atomic E-state index is 0.123. The van der Waals surface area contributed by atoms with Crippen LogP contribution >= 0.6 is 0 Å². The second-order valence-electron chi connectivity index (χ2n) is 12.6. The van der Waals surface area contributed by atoms with Crippen LogP contribution in [0.4, 0.5) is 11.4 Å². The van der Waals surface area contributed by atoms with Crippen LogP contribution in [0.1, 0.15) is 38.7 Å². The van der Waals surface area contributed by atoms with Crippen LogP contribution in [0.25, 0.3) is 22.6 Å². The van der Waals surface area contributed by atoms with Crippen molar-refractivity contribution in [2.45, 2.75) is 45.2 Å². The Morgan fingerprint density at radius 1 is 1.31 bits per heavy atom. The summed E-state index contributed by atoms with van der Waals surface area (Å²) in [6.45, 7) is 6.95. The second-order valence-corrected chi connectivity index (χ2v) is 12.6. The molecule has 2 fully saturated rings. The number of amides is 1. The number of carbonyl (C=O) groups is 1. The van der Waals surface area contributed by atoms with Crippen molar-refractivity contribution in [2.24, 2.45) is 29.4 Å². The number of ether oxygens (including phenoxy) is 1. The number of nitrogens with two attached hydrogens (primary N) is 1. The van der Waals surface area contributed by atoms with Crippen molar-refractivity contribution in [1.82, 2.24) is 19.9 Å². The summed E-state index contributed by atoms with van der Waals surface area (Å²) >= 11 is 0. The average Bonchev–Trinajstić information content (AvgIpc) is 3.76. The summed E-state index contributed by atoms with van der Waals surface area (Å²) in [7, 11) is 4.27. The number of nitriles is 1. The molecule has 1 saturated carbocycles. The minimum atomic E-state index is -0.330. The molecule has 3 aliphatic rings. The molecule has 220 valence electrons. The Labute approximate surface area is 246 Å². The van der Waals surface area contributed by atoms with E-state index in [9.17, 15) is 10.1 Å². The Kier molecular flexibility index (Phi) is 7.54. The quantitative estimate of drug-likeness (QED) is 0.310. The first-order chi connectivity index (χ1) is 20.2. The number of primary amides is 1. The number of hydrogen-bond acceptors (Lipinski definition) is 8. The van der Waals surface area contributed by atoms with Gasteiger partial charge in [0.25, 0.3) is 0 Å². The number of anilines is 2. The lowest BCUT2D eigenvalue weighted by Crippen LogP contribution is -2.41. The van der Waals surface area contributed by atoms with Crippen molar-refractivity contribution >= 4 is 28.4 Å². The molecule has 1 unspecified atom stereocenters. The second kappa shape index (κ2) is 11.3. The number of pyridine rings is 1. The van der Waals surface area contributed by atoms with Crippen LogP contribution < -0.4 is 20.7 Å². The average molecular weight is 569 g/mol. The third-order valence-electron chi connectivity index (χ3n) is 9.17. The Bertz CT molecular complexity index is 1550. The van der Waals surface area contributed by atoms with Gasteiger partial charge in [-0.15, -0.1) is 0 Å². The van der Waals surface area contributed by atoms with Crippen molar-refractivity contribution < 1.29 is 9.53 Å². The van der Waals surface area contributed by atoms with Crippen LogP contribution in [0.5, 0.6) is 5.75 Å². The molecule has 2 bridgehead atoms. The van der Waals surface area contributed by atoms with Crippen molar-refractivity contribution in [2.75, 3.05) is 44.0 Å². The number of aromatic nitrogens is 3. The first-order valence-electron chi connectivity index (χ1n) is 14.9. The molecule has 1 aliphatic heterocycles. The van der Waals surface area contributed by atoms with Gasteiger partial charge in [-0.05, 0) is 63.2 Å². The summed E-state index contributed by atoms with van der Waals surface area (Å²) < 4.78 is 6.39. The summed E-state index contributed by atoms with van der Waals surface area (Å²) in [5.74, 6) is 1.55. The van der Waals surface area contributed by atoms with E-state index in [1.807, 2.05) is 0 Å². The van der Waals surface area contributed by atoms with Crippen LogP contribution in [0.3, 0.4) is 0 Å². The zero-order valence-electron chi connectivity index (χ0n) is 24.8. The predicted octanol–water partition coefficient (Wildman–Crippen LogP) is 4.15. The van der Waals surface area contributed by atoms with E-state index in [1.165, 1.54) is 6.20 Å². The number of likely N-dealkylation sites (N-methyl/N-ethyl adjacent to an activating group) is 1. The fraction of sp³-hybridized carbons (Fsp3) is 0.500. The van der Waals surface area contributed by atoms with Crippen molar-refractivity contribution in [1.29, 1.82) is 5.26 Å². The maximum absolute atomic E-state index is 12.4. The van der Waals surface area contributed by atoms with Gasteiger partial charge in [0.2, 0.25) is 5.91 Å². The summed E-state index contributed by atoms with van der Waals surface area (Å²) in [5.41, 5.74) is 9.90. The summed E-state index contributed by atoms with van der Waals surface area (Å²) in [4.78, 5) is 29.8. The molecule has 2 aliphatic carbocycles. The van der Waals surface area contributed by atoms with Crippen molar-refractivity contribution in [3.63, 3.8) is 0 Å². The number of fused-ring (bicyclic) bond motifs is 3. The number of rotatable bonds is 10. The van der Waals surface area contributed by atoms with Crippen molar-refractivity contribution in [3.05, 3.63) is 42.1 Å². The van der Waals surface area contributed by atoms with E-state index in [1.54, 1.807) is 0 Å². The molecule has 2 aromatic heterocycles. The molecule has 10 nitrogen and oxygen atoms in total. The Hall–Kier alpha value is -4.10. The molecule has 42 heavy (non-hydrogen) atoms. The summed E-state index contributed by atoms with van der Waals surface area (Å²) in [6.07, 6.45) is 8.72. The number of allylic oxidation sites excluding steroid dienone is 1. The lowest BCUT2D eigenvalue weighted by Gasteiger charge is -2.28. The Morgan fingerprint density at radius 3 is 2.83 bits per heavy atom. The van der Waals surface area contributed by atoms with Gasteiger partial charge >= 0.3 is 0 Å². The smallest absolute Gasteiger partial charge is 0.223 e. The molecule has 3 aromatic rings. The number of aromatic amines is 1. The van der Waals surface area contributed by atoms with Crippen LogP contribution in [0.2, 0.25) is 0 Å². The molecule has 3 heterocycles. The minimum Gasteiger partial charge on any atom is -0.493 e. The number of carbonyl (C=O) groups excluding carboxylic acids is 1. The maximum atomic E-state index is 12.4. The van der Waals surface area contributed by atoms with Crippen LogP contribution in [0.15, 0.2) is 36.5 Å². The van der Waals surface area contributed by atoms with Gasteiger partial charge in [-0.1, -0.05) is 26.0 Å². The molecule has 5 atom stereocenters. The number of hydrogen-bond donors (Lipinski definition) is 3. The molecular formula is C32H40N8O2. The number of H-pyrrole nitrogens is 1. The summed E-state index contributed by atoms with van der Waals surface area (Å²) in [5, 5.41) is 13.5. The highest BCUT2D eigenvalue weighted by Crippen LogP contribution is 2.46. The van der Waals surface area contributed by atoms with E-state index in [2.05, 4.69) is 89.4 Å². The predicted molar refractivity (Wildman–Crippen MR) is 164 cm³/mol. The molecule has 1 aromatic carbocycles. The summed E-state index contributed by atoms with van der Waals surface area (Å²) in [6, 6.07) is 8.89. The highest BCUT2D eigenvalue weighted by atomic mass is 16.5. The van der Waals surface area contributed by atoms with E-state index >= 15 is 0 Å². The molecule has 1 saturated heterocycles. The van der Waals surface area contributed by atoms with Crippen LogP contribution in [0, 0.1) is 35.0 Å². The van der Waals surface area contributed by atoms with E-state index < -0.39 is 0 Å². The number of imidazole rings is 1. The topological polar surface area (TPSA) is 136 Å². The van der Waals surface area contributed by atoms with E-state index in [4.69, 9.17) is 15.5 Å². The van der Waals surface area contributed by atoms with Gasteiger partial charge in [0.05, 0.1) is 29.3 Å². The molecule has 4 N–H and O–H groups in total. The zero-order valence-corrected chi connectivity index (χ0v) is 24.8. The largest absolute Gasteiger partial charge is 0.493 e. The van der Waals surface area contributed by atoms with Gasteiger partial charge in [0, 0.05) is 43.1 Å². The lowest BCUT2D eigenvalue weighted by atomic mass is 9.88. The monoisotopic (exact) mass is 568 g/mol. The van der Waals surface area contributed by atoms with Crippen LogP contribution in [-0.2, 0) is 4.79 Å². The first kappa shape index (κ1) is 28.0. The molecule has 6 rings (SSSR count). The first-order valence-corrected chi connectivity index (χ1v) is 14.9. The number of benzene rings is 1. The third kappa shape index (κ3) is 5.18. The molecule has 1 amide bonds. The fourth-order valence-electron chi connectivity index (χ4n) is 6.72. The molecular weight excluding hydrogens is 528 g/mol. The number of nitrogens with zero attached hydrogens (tertiary/aromatic N) is 5. The maximum Gasteiger partial charge on any atom is 0.223 e. The molecule has 0 spiro atoms. The highest BCUT2D eigenvalue weighted by molar-refractivity contribution is 5.92. The fourth-order valence-corrected chi connectivity index (χ4v) is 6.72. The van der Waals surface area contributed by atoms with Crippen molar-refractivity contribution in [3.8, 4) is 23.2 Å². The van der Waals surface area contributed by atoms with Gasteiger partial charge in [-0.3, -0.25) is 4.79 Å². The molecule has 0 radical (unpaired) electrons. The normalized spacial score (nSPS) is 24.7. The van der Waals surface area contributed by atoms with Gasteiger partial charge < -0.3 is 30.6 Å². The lowest BCUT2D eigenvalue weighted by molar-refractivity contribution is -0.122. The van der Waals surface area contributed by atoms with E-state index in [0.29, 0.717) is 46.8 Å². The third-order valence-corrected chi connectivity index (χ3v) is 9.17. The number of nitrogens with one attached hydrogen (secondary N) is 2. The van der Waals surface area contributed by atoms with Crippen LogP contribution in [-0.4, -0.2) is 71.6 Å². The molecule has 10 heteroatoms. The SMILES string of the molecule is CC(C)CCOc1cc(N2CCC(N(C)C)C2)ccc1-c1nc2ncc(C#N)c(N[C@H]3[C@@H](C(N)=O)[C@@H]4C=C[C@H]3C4)c2[nH]1. The van der Waals surface area contributed by atoms with E-state index in [-0.39, 0.29) is 29.7 Å². The zero-order chi connectivity index (χ0) is 29.5. The van der Waals surface area contributed by atoms with Gasteiger partial charge in [-0.2, -0.15) is 5.26 Å².